The van der Waals surface area contributed by atoms with Crippen LogP contribution in [-0.4, -0.2) is 42.4 Å². The summed E-state index contributed by atoms with van der Waals surface area (Å²) in [6.45, 7) is 3.18. The smallest absolute Gasteiger partial charge is 0.236 e. The normalized spacial score (nSPS) is 15.4. The molecule has 1 saturated heterocycles. The highest BCUT2D eigenvalue weighted by Gasteiger charge is 2.18. The number of rotatable bonds is 4. The minimum atomic E-state index is 0.255. The first-order chi connectivity index (χ1) is 8.65. The average molecular weight is 311 g/mol. The van der Waals surface area contributed by atoms with Gasteiger partial charge in [-0.1, -0.05) is 28.1 Å². The van der Waals surface area contributed by atoms with E-state index in [1.807, 2.05) is 24.1 Å². The fourth-order valence-electron chi connectivity index (χ4n) is 2.30. The lowest BCUT2D eigenvalue weighted by Gasteiger charge is -2.21. The van der Waals surface area contributed by atoms with Gasteiger partial charge in [0.2, 0.25) is 5.91 Å². The van der Waals surface area contributed by atoms with Gasteiger partial charge in [0.1, 0.15) is 0 Å². The highest BCUT2D eigenvalue weighted by molar-refractivity contribution is 9.10. The van der Waals surface area contributed by atoms with Crippen LogP contribution in [0.15, 0.2) is 28.7 Å². The van der Waals surface area contributed by atoms with E-state index < -0.39 is 0 Å². The van der Waals surface area contributed by atoms with E-state index in [0.29, 0.717) is 6.54 Å². The Bertz CT molecular complexity index is 416. The Balaban J connectivity index is 1.84. The van der Waals surface area contributed by atoms with E-state index in [4.69, 9.17) is 0 Å². The molecule has 0 bridgehead atoms. The quantitative estimate of drug-likeness (QED) is 0.853. The second-order valence-electron chi connectivity index (χ2n) is 4.89. The summed E-state index contributed by atoms with van der Waals surface area (Å²) in [5.41, 5.74) is 1.22. The minimum Gasteiger partial charge on any atom is -0.342 e. The van der Waals surface area contributed by atoms with Gasteiger partial charge in [0.25, 0.3) is 0 Å². The first kappa shape index (κ1) is 13.6. The predicted molar refractivity (Wildman–Crippen MR) is 76.3 cm³/mol. The van der Waals surface area contributed by atoms with Crippen LogP contribution in [-0.2, 0) is 11.3 Å². The molecule has 98 valence electrons. The van der Waals surface area contributed by atoms with Gasteiger partial charge in [0, 0.05) is 24.1 Å². The van der Waals surface area contributed by atoms with Crippen molar-refractivity contribution in [2.45, 2.75) is 19.4 Å². The first-order valence-corrected chi connectivity index (χ1v) is 7.15. The number of carbonyl (C=O) groups excluding carboxylic acids is 1. The molecule has 1 fully saturated rings. The Morgan fingerprint density at radius 1 is 1.39 bits per heavy atom. The van der Waals surface area contributed by atoms with Gasteiger partial charge in [-0.25, -0.2) is 0 Å². The summed E-state index contributed by atoms with van der Waals surface area (Å²) in [6.07, 6.45) is 2.31. The second-order valence-corrected chi connectivity index (χ2v) is 5.81. The van der Waals surface area contributed by atoms with Crippen molar-refractivity contribution in [3.8, 4) is 0 Å². The molecular formula is C14H19BrN2O. The van der Waals surface area contributed by atoms with Crippen molar-refractivity contribution in [1.82, 2.24) is 9.80 Å². The van der Waals surface area contributed by atoms with E-state index in [1.54, 1.807) is 0 Å². The van der Waals surface area contributed by atoms with Crippen molar-refractivity contribution in [1.29, 1.82) is 0 Å². The molecule has 1 aromatic carbocycles. The molecule has 1 aromatic rings. The highest BCUT2D eigenvalue weighted by atomic mass is 79.9. The van der Waals surface area contributed by atoms with Crippen molar-refractivity contribution in [3.63, 3.8) is 0 Å². The summed E-state index contributed by atoms with van der Waals surface area (Å²) in [7, 11) is 1.99. The van der Waals surface area contributed by atoms with Crippen molar-refractivity contribution in [3.05, 3.63) is 34.3 Å². The van der Waals surface area contributed by atoms with Gasteiger partial charge >= 0.3 is 0 Å². The van der Waals surface area contributed by atoms with Gasteiger partial charge in [-0.2, -0.15) is 0 Å². The number of hydrogen-bond donors (Lipinski definition) is 0. The number of amides is 1. The van der Waals surface area contributed by atoms with Crippen LogP contribution in [0.3, 0.4) is 0 Å². The molecule has 3 nitrogen and oxygen atoms in total. The van der Waals surface area contributed by atoms with Crippen LogP contribution < -0.4 is 0 Å². The van der Waals surface area contributed by atoms with Crippen LogP contribution in [0, 0.1) is 0 Å². The van der Waals surface area contributed by atoms with Crippen LogP contribution in [0.25, 0.3) is 0 Å². The molecule has 1 heterocycles. The van der Waals surface area contributed by atoms with Gasteiger partial charge in [-0.15, -0.1) is 0 Å². The van der Waals surface area contributed by atoms with Crippen molar-refractivity contribution < 1.29 is 4.79 Å². The van der Waals surface area contributed by atoms with Crippen molar-refractivity contribution >= 4 is 21.8 Å². The summed E-state index contributed by atoms with van der Waals surface area (Å²) in [6, 6.07) is 8.22. The largest absolute Gasteiger partial charge is 0.342 e. The number of carbonyl (C=O) groups is 1. The zero-order valence-corrected chi connectivity index (χ0v) is 12.3. The molecule has 0 N–H and O–H groups in total. The van der Waals surface area contributed by atoms with Gasteiger partial charge in [-0.3, -0.25) is 9.69 Å². The Morgan fingerprint density at radius 3 is 2.78 bits per heavy atom. The van der Waals surface area contributed by atoms with Crippen molar-refractivity contribution in [2.24, 2.45) is 0 Å². The van der Waals surface area contributed by atoms with Gasteiger partial charge in [-0.05, 0) is 37.6 Å². The molecule has 0 aromatic heterocycles. The van der Waals surface area contributed by atoms with Crippen LogP contribution in [0.2, 0.25) is 0 Å². The molecule has 1 aliphatic heterocycles. The number of likely N-dealkylation sites (tertiary alicyclic amines) is 1. The van der Waals surface area contributed by atoms with Crippen LogP contribution in [0.1, 0.15) is 18.4 Å². The van der Waals surface area contributed by atoms with Gasteiger partial charge in [0.05, 0.1) is 6.54 Å². The molecule has 4 heteroatoms. The summed E-state index contributed by atoms with van der Waals surface area (Å²) in [5, 5.41) is 0. The summed E-state index contributed by atoms with van der Waals surface area (Å²) in [4.78, 5) is 16.0. The number of hydrogen-bond acceptors (Lipinski definition) is 2. The molecule has 0 radical (unpaired) electrons. The fourth-order valence-corrected chi connectivity index (χ4v) is 2.75. The zero-order valence-electron chi connectivity index (χ0n) is 10.7. The molecule has 0 saturated carbocycles. The van der Waals surface area contributed by atoms with E-state index in [0.717, 1.165) is 36.9 Å². The highest BCUT2D eigenvalue weighted by Crippen LogP contribution is 2.13. The third-order valence-corrected chi connectivity index (χ3v) is 3.70. The van der Waals surface area contributed by atoms with Crippen LogP contribution >= 0.6 is 15.9 Å². The number of halogens is 1. The van der Waals surface area contributed by atoms with Gasteiger partial charge < -0.3 is 4.90 Å². The topological polar surface area (TPSA) is 23.6 Å². The Labute approximate surface area is 117 Å². The van der Waals surface area contributed by atoms with E-state index in [9.17, 15) is 4.79 Å². The first-order valence-electron chi connectivity index (χ1n) is 6.36. The van der Waals surface area contributed by atoms with Crippen LogP contribution in [0.5, 0.6) is 0 Å². The summed E-state index contributed by atoms with van der Waals surface area (Å²) in [5.74, 6) is 0.255. The lowest BCUT2D eigenvalue weighted by molar-refractivity contribution is -0.131. The van der Waals surface area contributed by atoms with Gasteiger partial charge in [0.15, 0.2) is 0 Å². The minimum absolute atomic E-state index is 0.255. The molecule has 0 unspecified atom stereocenters. The van der Waals surface area contributed by atoms with Crippen molar-refractivity contribution in [2.75, 3.05) is 26.7 Å². The van der Waals surface area contributed by atoms with Crippen LogP contribution in [0.4, 0.5) is 0 Å². The lowest BCUT2D eigenvalue weighted by Crippen LogP contribution is -2.36. The maximum absolute atomic E-state index is 12.0. The summed E-state index contributed by atoms with van der Waals surface area (Å²) >= 11 is 3.46. The Hall–Kier alpha value is -0.870. The SMILES string of the molecule is CN(CC(=O)N1CCCC1)Cc1cccc(Br)c1. The number of likely N-dealkylation sites (N-methyl/N-ethyl adjacent to an activating group) is 1. The molecule has 0 aliphatic carbocycles. The summed E-state index contributed by atoms with van der Waals surface area (Å²) < 4.78 is 1.08. The molecule has 2 rings (SSSR count). The predicted octanol–water partition coefficient (Wildman–Crippen LogP) is 2.50. The fraction of sp³-hybridized carbons (Fsp3) is 0.500. The monoisotopic (exact) mass is 310 g/mol. The Kier molecular flexibility index (Phi) is 4.78. The molecule has 0 atom stereocenters. The lowest BCUT2D eigenvalue weighted by atomic mass is 10.2. The molecule has 18 heavy (non-hydrogen) atoms. The molecule has 1 amide bonds. The van der Waals surface area contributed by atoms with E-state index in [-0.39, 0.29) is 5.91 Å². The Morgan fingerprint density at radius 2 is 2.11 bits per heavy atom. The number of benzene rings is 1. The third-order valence-electron chi connectivity index (χ3n) is 3.21. The average Bonchev–Trinajstić information content (AvgIpc) is 2.81. The maximum Gasteiger partial charge on any atom is 0.236 e. The number of nitrogens with zero attached hydrogens (tertiary/aromatic N) is 2. The van der Waals surface area contributed by atoms with E-state index in [2.05, 4.69) is 33.0 Å². The standard InChI is InChI=1S/C14H19BrN2O/c1-16(10-12-5-4-6-13(15)9-12)11-14(18)17-7-2-3-8-17/h4-6,9H,2-3,7-8,10-11H2,1H3. The molecule has 0 spiro atoms. The third kappa shape index (κ3) is 3.82. The molecular weight excluding hydrogens is 292 g/mol. The molecule has 1 aliphatic rings. The maximum atomic E-state index is 12.0. The zero-order chi connectivity index (χ0) is 13.0. The second kappa shape index (κ2) is 6.34. The van der Waals surface area contributed by atoms with E-state index in [1.165, 1.54) is 5.56 Å². The van der Waals surface area contributed by atoms with E-state index >= 15 is 0 Å².